The predicted molar refractivity (Wildman–Crippen MR) is 110 cm³/mol. The number of nitrogens with zero attached hydrogens (tertiary/aromatic N) is 4. The summed E-state index contributed by atoms with van der Waals surface area (Å²) in [4.78, 5) is 7.72. The van der Waals surface area contributed by atoms with Gasteiger partial charge in [-0.1, -0.05) is 0 Å². The van der Waals surface area contributed by atoms with E-state index in [1.54, 1.807) is 6.07 Å². The lowest BCUT2D eigenvalue weighted by molar-refractivity contribution is 1.16. The molecule has 0 fully saturated rings. The number of nitriles is 2. The number of hydrogen-bond donors (Lipinski definition) is 2. The third-order valence-electron chi connectivity index (χ3n) is 3.15. The highest BCUT2D eigenvalue weighted by molar-refractivity contribution is 5.69. The maximum Gasteiger partial charge on any atom is 0.229 e. The zero-order valence-electron chi connectivity index (χ0n) is 27.9. The van der Waals surface area contributed by atoms with Gasteiger partial charge >= 0.3 is 0 Å². The second-order valence-electron chi connectivity index (χ2n) is 5.01. The van der Waals surface area contributed by atoms with Gasteiger partial charge in [0, 0.05) is 31.8 Å². The molecule has 28 heavy (non-hydrogen) atoms. The Bertz CT molecular complexity index is 1650. The fourth-order valence-electron chi connectivity index (χ4n) is 1.97. The minimum absolute atomic E-state index is 0.0229. The summed E-state index contributed by atoms with van der Waals surface area (Å²) in [6, 6.07) is -0.159. The molecule has 6 nitrogen and oxygen atoms in total. The zero-order chi connectivity index (χ0) is 31.9. The van der Waals surface area contributed by atoms with Crippen molar-refractivity contribution < 1.29 is 19.2 Å². The molecule has 0 unspecified atom stereocenters. The van der Waals surface area contributed by atoms with Gasteiger partial charge in [-0.25, -0.2) is 4.98 Å². The third-order valence-corrected chi connectivity index (χ3v) is 3.15. The molecule has 3 aromatic rings. The van der Waals surface area contributed by atoms with Crippen molar-refractivity contribution >= 4 is 29.2 Å². The van der Waals surface area contributed by atoms with Gasteiger partial charge in [-0.3, -0.25) is 0 Å². The van der Waals surface area contributed by atoms with Crippen molar-refractivity contribution in [2.75, 3.05) is 10.6 Å². The first-order chi connectivity index (χ1) is 19.3. The van der Waals surface area contributed by atoms with Crippen molar-refractivity contribution in [2.45, 2.75) is 13.7 Å². The second kappa shape index (κ2) is 8.48. The van der Waals surface area contributed by atoms with E-state index in [9.17, 15) is 0 Å². The second-order valence-corrected chi connectivity index (χ2v) is 5.01. The Morgan fingerprint density at radius 3 is 2.54 bits per heavy atom. The largest absolute Gasteiger partial charge is 0.340 e. The molecule has 0 aliphatic heterocycles. The van der Waals surface area contributed by atoms with E-state index < -0.39 is 84.3 Å². The van der Waals surface area contributed by atoms with Gasteiger partial charge < -0.3 is 10.6 Å². The van der Waals surface area contributed by atoms with Gasteiger partial charge in [0.05, 0.1) is 28.7 Å². The highest BCUT2D eigenvalue weighted by atomic mass is 15.1. The van der Waals surface area contributed by atoms with Crippen LogP contribution in [0.3, 0.4) is 0 Å². The number of anilines is 4. The highest BCUT2D eigenvalue weighted by Crippen LogP contribution is 2.26. The minimum Gasteiger partial charge on any atom is -0.340 e. The van der Waals surface area contributed by atoms with Crippen molar-refractivity contribution in [1.29, 1.82) is 10.5 Å². The van der Waals surface area contributed by atoms with Crippen LogP contribution in [-0.2, 0) is 0 Å². The van der Waals surface area contributed by atoms with Gasteiger partial charge in [0.2, 0.25) is 5.95 Å². The summed E-state index contributed by atoms with van der Waals surface area (Å²) >= 11 is 0. The quantitative estimate of drug-likeness (QED) is 0.605. The van der Waals surface area contributed by atoms with Crippen LogP contribution in [0.25, 0.3) is 6.05 Å². The number of nitrogens with one attached hydrogen (secondary N) is 2. The summed E-state index contributed by atoms with van der Waals surface area (Å²) in [6.07, 6.45) is -0.759. The lowest BCUT2D eigenvalue weighted by atomic mass is 10.0. The first kappa shape index (κ1) is 7.84. The van der Waals surface area contributed by atoms with Gasteiger partial charge in [0.1, 0.15) is 5.82 Å². The van der Waals surface area contributed by atoms with E-state index in [0.717, 1.165) is 12.1 Å². The Morgan fingerprint density at radius 1 is 1.14 bits per heavy atom. The standard InChI is InChI=1S/C22H18N6/c1-15-12-18(4-3-10-23)13-16(2)21(15)27-20-9-11-25-22(28-20)26-19-7-5-17(14-24)6-8-19/h3-9,11-13H,1-2H3,(H2,25,26,27,28)/b4-3+/i1D3,2D3,3D,4D,7D,8D,9D,11D,12D,13D. The number of rotatable bonds is 5. The molecule has 6 heteroatoms. The lowest BCUT2D eigenvalue weighted by Gasteiger charge is -2.14. The smallest absolute Gasteiger partial charge is 0.229 e. The Balaban J connectivity index is 2.35. The highest BCUT2D eigenvalue weighted by Gasteiger charge is 2.07. The van der Waals surface area contributed by atoms with Crippen LogP contribution >= 0.6 is 0 Å². The van der Waals surface area contributed by atoms with Crippen molar-refractivity contribution in [1.82, 2.24) is 9.97 Å². The molecule has 0 radical (unpaired) electrons. The molecule has 3 rings (SSSR count). The molecular formula is C22H18N6. The molecule has 0 bridgehead atoms. The fraction of sp³-hybridized carbons (Fsp3) is 0.0909. The molecule has 0 amide bonds. The zero-order valence-corrected chi connectivity index (χ0v) is 13.9. The van der Waals surface area contributed by atoms with E-state index in [2.05, 4.69) is 20.6 Å². The summed E-state index contributed by atoms with van der Waals surface area (Å²) in [6.45, 7) is -6.53. The average molecular weight is 381 g/mol. The van der Waals surface area contributed by atoms with E-state index >= 15 is 0 Å². The van der Waals surface area contributed by atoms with Crippen LogP contribution in [0, 0.1) is 36.4 Å². The first-order valence-electron chi connectivity index (χ1n) is 14.5. The molecule has 0 aliphatic rings. The van der Waals surface area contributed by atoms with Gasteiger partial charge in [0.15, 0.2) is 0 Å². The molecule has 0 saturated carbocycles. The van der Waals surface area contributed by atoms with E-state index in [0.29, 0.717) is 0 Å². The van der Waals surface area contributed by atoms with Crippen LogP contribution in [0.15, 0.2) is 54.6 Å². The number of hydrogen-bond acceptors (Lipinski definition) is 6. The Labute approximate surface area is 183 Å². The molecule has 2 N–H and O–H groups in total. The molecule has 1 aromatic heterocycles. The molecule has 0 saturated heterocycles. The van der Waals surface area contributed by atoms with Crippen molar-refractivity contribution in [2.24, 2.45) is 0 Å². The summed E-state index contributed by atoms with van der Waals surface area (Å²) in [5, 5.41) is 22.9. The molecule has 1 heterocycles. The topological polar surface area (TPSA) is 97.4 Å². The third kappa shape index (κ3) is 4.51. The minimum atomic E-state index is -3.26. The van der Waals surface area contributed by atoms with Gasteiger partial charge in [-0.2, -0.15) is 15.5 Å². The summed E-state index contributed by atoms with van der Waals surface area (Å²) in [5.74, 6) is -1.12. The Morgan fingerprint density at radius 2 is 1.89 bits per heavy atom. The Kier molecular flexibility index (Phi) is 2.37. The van der Waals surface area contributed by atoms with Crippen molar-refractivity contribution in [3.05, 3.63) is 76.8 Å². The predicted octanol–water partition coefficient (Wildman–Crippen LogP) is 4.99. The van der Waals surface area contributed by atoms with Crippen LogP contribution in [0.1, 0.15) is 41.4 Å². The summed E-state index contributed by atoms with van der Waals surface area (Å²) in [7, 11) is 0. The SMILES string of the molecule is [2H]/C(C#N)=C(/[2H])c1c([2H])c(C([2H])([2H])[2H])c(Nc2nc(Nc3c([2H])cc(C#N)cc3[2H])nc([2H])c2[2H])c(C([2H])([2H])[2H])c1[2H]. The van der Waals surface area contributed by atoms with Gasteiger partial charge in [0.25, 0.3) is 0 Å². The van der Waals surface area contributed by atoms with Crippen molar-refractivity contribution in [3.63, 3.8) is 0 Å². The molecular weight excluding hydrogens is 348 g/mol. The van der Waals surface area contributed by atoms with Crippen LogP contribution in [-0.4, -0.2) is 9.97 Å². The summed E-state index contributed by atoms with van der Waals surface area (Å²) < 4.78 is 113. The van der Waals surface area contributed by atoms with Crippen LogP contribution < -0.4 is 10.6 Å². The number of aromatic nitrogens is 2. The Hall–Kier alpha value is -4.16. The van der Waals surface area contributed by atoms with E-state index in [1.165, 1.54) is 6.07 Å². The van der Waals surface area contributed by atoms with Gasteiger partial charge in [-0.05, 0) is 78.8 Å². The van der Waals surface area contributed by atoms with Crippen molar-refractivity contribution in [3.8, 4) is 12.1 Å². The molecule has 2 aromatic carbocycles. The van der Waals surface area contributed by atoms with Crippen LogP contribution in [0.5, 0.6) is 0 Å². The number of allylic oxidation sites excluding steroid dienone is 1. The van der Waals surface area contributed by atoms with E-state index in [-0.39, 0.29) is 23.3 Å². The maximum absolute atomic E-state index is 9.04. The summed E-state index contributed by atoms with van der Waals surface area (Å²) in [5.41, 5.74) is -3.93. The molecule has 0 spiro atoms. The van der Waals surface area contributed by atoms with E-state index in [1.807, 2.05) is 0 Å². The monoisotopic (exact) mass is 380 g/mol. The van der Waals surface area contributed by atoms with E-state index in [4.69, 9.17) is 29.7 Å². The average Bonchev–Trinajstić information content (AvgIpc) is 2.86. The fourth-order valence-corrected chi connectivity index (χ4v) is 1.97. The maximum atomic E-state index is 9.04. The molecule has 136 valence electrons. The van der Waals surface area contributed by atoms with Gasteiger partial charge in [-0.15, -0.1) is 0 Å². The van der Waals surface area contributed by atoms with Crippen LogP contribution in [0.2, 0.25) is 0 Å². The molecule has 0 aliphatic carbocycles. The lowest BCUT2D eigenvalue weighted by Crippen LogP contribution is -2.02. The normalized spacial score (nSPS) is 19.1. The molecule has 0 atom stereocenters. The number of benzene rings is 2. The van der Waals surface area contributed by atoms with Crippen LogP contribution in [0.4, 0.5) is 23.1 Å². The first-order valence-corrected chi connectivity index (χ1v) is 7.50.